The molecule has 106 valence electrons. The van der Waals surface area contributed by atoms with Crippen LogP contribution < -0.4 is 15.2 Å². The highest BCUT2D eigenvalue weighted by atomic mass is 35.5. The zero-order valence-electron chi connectivity index (χ0n) is 11.5. The van der Waals surface area contributed by atoms with Crippen LogP contribution in [-0.4, -0.2) is 24.5 Å². The quantitative estimate of drug-likeness (QED) is 0.863. The number of halogens is 1. The first-order valence-corrected chi connectivity index (χ1v) is 6.19. The molecule has 0 bridgehead atoms. The number of carbonyl (C=O) groups is 1. The summed E-state index contributed by atoms with van der Waals surface area (Å²) < 4.78 is 11.4. The van der Waals surface area contributed by atoms with Crippen molar-refractivity contribution in [3.05, 3.63) is 23.3 Å². The van der Waals surface area contributed by atoms with E-state index in [0.717, 1.165) is 17.7 Å². The fourth-order valence-electron chi connectivity index (χ4n) is 2.22. The van der Waals surface area contributed by atoms with E-state index in [4.69, 9.17) is 15.2 Å². The van der Waals surface area contributed by atoms with E-state index in [1.54, 1.807) is 6.07 Å². The van der Waals surface area contributed by atoms with Gasteiger partial charge in [-0.05, 0) is 32.9 Å². The molecule has 1 aromatic rings. The lowest BCUT2D eigenvalue weighted by atomic mass is 9.98. The van der Waals surface area contributed by atoms with E-state index in [2.05, 4.69) is 0 Å². The summed E-state index contributed by atoms with van der Waals surface area (Å²) in [7, 11) is 0. The maximum Gasteiger partial charge on any atom is 0.176 e. The highest BCUT2D eigenvalue weighted by molar-refractivity contribution is 5.98. The van der Waals surface area contributed by atoms with Gasteiger partial charge in [-0.3, -0.25) is 4.79 Å². The van der Waals surface area contributed by atoms with Crippen molar-refractivity contribution in [3.63, 3.8) is 0 Å². The molecule has 0 spiro atoms. The van der Waals surface area contributed by atoms with Gasteiger partial charge in [-0.25, -0.2) is 0 Å². The first-order chi connectivity index (χ1) is 8.46. The first kappa shape index (κ1) is 15.8. The average molecular weight is 286 g/mol. The molecule has 2 N–H and O–H groups in total. The SMILES string of the molecule is CCOc1cc(C(=O)CN)cc2c1OC(C)(C)C2.Cl. The van der Waals surface area contributed by atoms with E-state index >= 15 is 0 Å². The molecule has 1 aliphatic heterocycles. The van der Waals surface area contributed by atoms with E-state index < -0.39 is 0 Å². The molecular weight excluding hydrogens is 266 g/mol. The normalized spacial score (nSPS) is 15.2. The number of nitrogens with two attached hydrogens (primary N) is 1. The first-order valence-electron chi connectivity index (χ1n) is 6.19. The summed E-state index contributed by atoms with van der Waals surface area (Å²) in [5, 5.41) is 0. The van der Waals surface area contributed by atoms with Crippen LogP contribution in [-0.2, 0) is 6.42 Å². The van der Waals surface area contributed by atoms with Gasteiger partial charge in [-0.15, -0.1) is 12.4 Å². The lowest BCUT2D eigenvalue weighted by Crippen LogP contribution is -2.24. The van der Waals surface area contributed by atoms with Crippen LogP contribution in [0.15, 0.2) is 12.1 Å². The zero-order chi connectivity index (χ0) is 13.3. The summed E-state index contributed by atoms with van der Waals surface area (Å²) in [6, 6.07) is 3.58. The van der Waals surface area contributed by atoms with Gasteiger partial charge in [0.1, 0.15) is 5.60 Å². The van der Waals surface area contributed by atoms with Gasteiger partial charge in [0.05, 0.1) is 13.2 Å². The van der Waals surface area contributed by atoms with Crippen molar-refractivity contribution in [2.24, 2.45) is 5.73 Å². The molecule has 1 heterocycles. The Morgan fingerprint density at radius 1 is 1.47 bits per heavy atom. The minimum Gasteiger partial charge on any atom is -0.490 e. The molecule has 0 saturated carbocycles. The van der Waals surface area contributed by atoms with Gasteiger partial charge in [0.2, 0.25) is 0 Å². The monoisotopic (exact) mass is 285 g/mol. The minimum absolute atomic E-state index is 0. The number of carbonyl (C=O) groups excluding carboxylic acids is 1. The second-order valence-corrected chi connectivity index (χ2v) is 5.06. The molecule has 2 rings (SSSR count). The van der Waals surface area contributed by atoms with Crippen molar-refractivity contribution in [1.29, 1.82) is 0 Å². The molecule has 0 fully saturated rings. The lowest BCUT2D eigenvalue weighted by Gasteiger charge is -2.18. The smallest absolute Gasteiger partial charge is 0.176 e. The van der Waals surface area contributed by atoms with Gasteiger partial charge in [0, 0.05) is 17.5 Å². The number of fused-ring (bicyclic) bond motifs is 1. The molecule has 0 aliphatic carbocycles. The highest BCUT2D eigenvalue weighted by Crippen LogP contribution is 2.42. The second-order valence-electron chi connectivity index (χ2n) is 5.06. The Morgan fingerprint density at radius 2 is 2.16 bits per heavy atom. The van der Waals surface area contributed by atoms with Crippen molar-refractivity contribution in [1.82, 2.24) is 0 Å². The molecule has 19 heavy (non-hydrogen) atoms. The predicted molar refractivity (Wildman–Crippen MR) is 76.7 cm³/mol. The summed E-state index contributed by atoms with van der Waals surface area (Å²) in [4.78, 5) is 11.7. The van der Waals surface area contributed by atoms with Crippen LogP contribution in [0.1, 0.15) is 36.7 Å². The van der Waals surface area contributed by atoms with E-state index in [-0.39, 0.29) is 30.3 Å². The van der Waals surface area contributed by atoms with Gasteiger partial charge in [0.15, 0.2) is 17.3 Å². The third kappa shape index (κ3) is 3.19. The molecule has 5 heteroatoms. The molecule has 1 aromatic carbocycles. The maximum atomic E-state index is 11.7. The Hall–Kier alpha value is -1.26. The Balaban J connectivity index is 0.00000180. The average Bonchev–Trinajstić information content (AvgIpc) is 2.62. The van der Waals surface area contributed by atoms with Crippen LogP contribution >= 0.6 is 12.4 Å². The molecule has 0 saturated heterocycles. The summed E-state index contributed by atoms with van der Waals surface area (Å²) in [5.74, 6) is 1.32. The Kier molecular flexibility index (Phi) is 4.82. The summed E-state index contributed by atoms with van der Waals surface area (Å²) in [6.45, 7) is 6.50. The summed E-state index contributed by atoms with van der Waals surface area (Å²) in [6.07, 6.45) is 0.772. The second kappa shape index (κ2) is 5.80. The number of ketones is 1. The van der Waals surface area contributed by atoms with Crippen molar-refractivity contribution >= 4 is 18.2 Å². The van der Waals surface area contributed by atoms with Crippen molar-refractivity contribution in [2.45, 2.75) is 32.8 Å². The topological polar surface area (TPSA) is 61.5 Å². The van der Waals surface area contributed by atoms with E-state index in [1.165, 1.54) is 0 Å². The Morgan fingerprint density at radius 3 is 2.74 bits per heavy atom. The van der Waals surface area contributed by atoms with Gasteiger partial charge in [-0.2, -0.15) is 0 Å². The van der Waals surface area contributed by atoms with Crippen molar-refractivity contribution in [2.75, 3.05) is 13.2 Å². The van der Waals surface area contributed by atoms with Gasteiger partial charge in [-0.1, -0.05) is 0 Å². The standard InChI is InChI=1S/C14H19NO3.ClH/c1-4-17-12-6-9(11(16)8-15)5-10-7-14(2,3)18-13(10)12;/h5-6H,4,7-8,15H2,1-3H3;1H. The summed E-state index contributed by atoms with van der Waals surface area (Å²) in [5.41, 5.74) is 6.77. The van der Waals surface area contributed by atoms with Crippen LogP contribution in [0.5, 0.6) is 11.5 Å². The van der Waals surface area contributed by atoms with Crippen LogP contribution in [0, 0.1) is 0 Å². The zero-order valence-corrected chi connectivity index (χ0v) is 12.3. The molecule has 0 amide bonds. The number of ether oxygens (including phenoxy) is 2. The predicted octanol–water partition coefficient (Wildman–Crippen LogP) is 2.36. The van der Waals surface area contributed by atoms with Crippen LogP contribution in [0.2, 0.25) is 0 Å². The molecule has 0 radical (unpaired) electrons. The van der Waals surface area contributed by atoms with Crippen LogP contribution in [0.25, 0.3) is 0 Å². The minimum atomic E-state index is -0.251. The van der Waals surface area contributed by atoms with E-state index in [0.29, 0.717) is 17.9 Å². The number of hydrogen-bond acceptors (Lipinski definition) is 4. The van der Waals surface area contributed by atoms with E-state index in [9.17, 15) is 4.79 Å². The fraction of sp³-hybridized carbons (Fsp3) is 0.500. The maximum absolute atomic E-state index is 11.7. The molecule has 4 nitrogen and oxygen atoms in total. The van der Waals surface area contributed by atoms with Gasteiger partial charge >= 0.3 is 0 Å². The van der Waals surface area contributed by atoms with Crippen LogP contribution in [0.4, 0.5) is 0 Å². The third-order valence-electron chi connectivity index (χ3n) is 2.93. The molecular formula is C14H20ClNO3. The third-order valence-corrected chi connectivity index (χ3v) is 2.93. The lowest BCUT2D eigenvalue weighted by molar-refractivity contribution is 0.100. The Labute approximate surface area is 119 Å². The molecule has 0 unspecified atom stereocenters. The number of hydrogen-bond donors (Lipinski definition) is 1. The largest absolute Gasteiger partial charge is 0.490 e. The van der Waals surface area contributed by atoms with Gasteiger partial charge < -0.3 is 15.2 Å². The molecule has 1 aliphatic rings. The summed E-state index contributed by atoms with van der Waals surface area (Å²) >= 11 is 0. The van der Waals surface area contributed by atoms with Gasteiger partial charge in [0.25, 0.3) is 0 Å². The van der Waals surface area contributed by atoms with Crippen molar-refractivity contribution < 1.29 is 14.3 Å². The highest BCUT2D eigenvalue weighted by Gasteiger charge is 2.33. The number of rotatable bonds is 4. The fourth-order valence-corrected chi connectivity index (χ4v) is 2.22. The molecule has 0 aromatic heterocycles. The number of benzene rings is 1. The van der Waals surface area contributed by atoms with Crippen LogP contribution in [0.3, 0.4) is 0 Å². The number of Topliss-reactive ketones (excluding diaryl/α,β-unsaturated/α-hetero) is 1. The molecule has 0 atom stereocenters. The van der Waals surface area contributed by atoms with E-state index in [1.807, 2.05) is 26.8 Å². The van der Waals surface area contributed by atoms with Crippen molar-refractivity contribution in [3.8, 4) is 11.5 Å². The Bertz CT molecular complexity index is 486.